The number of thiophene rings is 1. The number of rotatable bonds is 5. The second-order valence-electron chi connectivity index (χ2n) is 8.83. The lowest BCUT2D eigenvalue weighted by atomic mass is 10.1. The number of ether oxygens (including phenoxy) is 1. The summed E-state index contributed by atoms with van der Waals surface area (Å²) in [6, 6.07) is 16.0. The maximum atomic E-state index is 13.4. The lowest BCUT2D eigenvalue weighted by Gasteiger charge is -2.29. The van der Waals surface area contributed by atoms with Gasteiger partial charge in [0.1, 0.15) is 21.2 Å². The molecule has 0 unspecified atom stereocenters. The van der Waals surface area contributed by atoms with Crippen LogP contribution in [0.3, 0.4) is 0 Å². The average molecular weight is 499 g/mol. The third-order valence-corrected chi connectivity index (χ3v) is 7.55. The van der Waals surface area contributed by atoms with Gasteiger partial charge in [-0.1, -0.05) is 18.2 Å². The van der Waals surface area contributed by atoms with Crippen molar-refractivity contribution in [3.63, 3.8) is 0 Å². The second kappa shape index (κ2) is 8.76. The van der Waals surface area contributed by atoms with Crippen molar-refractivity contribution in [2.24, 2.45) is 0 Å². The summed E-state index contributed by atoms with van der Waals surface area (Å²) in [6.07, 6.45) is 3.52. The molecule has 3 heterocycles. The van der Waals surface area contributed by atoms with E-state index in [9.17, 15) is 14.4 Å². The minimum Gasteiger partial charge on any atom is -0.457 e. The zero-order valence-corrected chi connectivity index (χ0v) is 20.2. The van der Waals surface area contributed by atoms with Crippen LogP contribution in [0, 0.1) is 6.92 Å². The van der Waals surface area contributed by atoms with Crippen molar-refractivity contribution in [1.29, 1.82) is 0 Å². The summed E-state index contributed by atoms with van der Waals surface area (Å²) in [6.45, 7) is 1.92. The van der Waals surface area contributed by atoms with Gasteiger partial charge in [0.05, 0.1) is 28.5 Å². The molecule has 8 nitrogen and oxygen atoms in total. The van der Waals surface area contributed by atoms with E-state index in [1.165, 1.54) is 11.3 Å². The number of carbonyl (C=O) groups is 3. The van der Waals surface area contributed by atoms with E-state index in [1.807, 2.05) is 55.5 Å². The van der Waals surface area contributed by atoms with Gasteiger partial charge in [-0.15, -0.1) is 11.3 Å². The van der Waals surface area contributed by atoms with Gasteiger partial charge in [0.25, 0.3) is 5.91 Å². The van der Waals surface area contributed by atoms with Crippen LogP contribution in [0.2, 0.25) is 0 Å². The Balaban J connectivity index is 1.36. The number of para-hydroxylation sites is 1. The number of pyridine rings is 1. The Morgan fingerprint density at radius 3 is 2.69 bits per heavy atom. The van der Waals surface area contributed by atoms with Gasteiger partial charge < -0.3 is 15.4 Å². The molecule has 0 saturated heterocycles. The van der Waals surface area contributed by atoms with E-state index in [0.717, 1.165) is 17.7 Å². The fourth-order valence-corrected chi connectivity index (χ4v) is 5.76. The standard InChI is InChI=1S/C27H22N4O4S/c1-15-14-17(35-16-6-3-2-4-7-16)10-11-19(15)31-20-12-13-28-26-22(20)23(30-27(31)34)24(36-26)25(33)29-18-8-5-9-21(18)32/h2-4,6-7,10-14,18H,5,8-9H2,1H3,(H,29,33)(H,30,34)/t18-/m1/s1. The fourth-order valence-electron chi connectivity index (χ4n) is 4.74. The van der Waals surface area contributed by atoms with E-state index in [0.29, 0.717) is 50.7 Å². The first-order valence-electron chi connectivity index (χ1n) is 11.7. The Bertz CT molecular complexity index is 1530. The summed E-state index contributed by atoms with van der Waals surface area (Å²) < 4.78 is 5.94. The monoisotopic (exact) mass is 498 g/mol. The Hall–Kier alpha value is -4.24. The number of nitrogens with zero attached hydrogens (tertiary/aromatic N) is 2. The minimum atomic E-state index is -0.475. The topological polar surface area (TPSA) is 101 Å². The number of aromatic nitrogens is 1. The molecule has 0 radical (unpaired) electrons. The van der Waals surface area contributed by atoms with Gasteiger partial charge in [-0.2, -0.15) is 0 Å². The largest absolute Gasteiger partial charge is 0.457 e. The SMILES string of the molecule is Cc1cc(Oc2ccccc2)ccc1N1C(=O)Nc2c(C(=O)N[C@@H]3CCCC3=O)sc3nccc1c23. The molecule has 2 aliphatic rings. The molecule has 2 aromatic carbocycles. The van der Waals surface area contributed by atoms with Crippen LogP contribution in [-0.2, 0) is 4.79 Å². The van der Waals surface area contributed by atoms with Crippen LogP contribution in [0.5, 0.6) is 11.5 Å². The molecule has 3 amide bonds. The molecule has 0 spiro atoms. The second-order valence-corrected chi connectivity index (χ2v) is 9.83. The number of urea groups is 1. The number of ketones is 1. The van der Waals surface area contributed by atoms with Crippen molar-refractivity contribution in [3.05, 3.63) is 71.2 Å². The molecule has 0 bridgehead atoms. The molecule has 36 heavy (non-hydrogen) atoms. The minimum absolute atomic E-state index is 0.0438. The van der Waals surface area contributed by atoms with Gasteiger partial charge in [-0.05, 0) is 61.7 Å². The maximum absolute atomic E-state index is 13.4. The van der Waals surface area contributed by atoms with E-state index in [-0.39, 0.29) is 17.7 Å². The quantitative estimate of drug-likeness (QED) is 0.355. The molecule has 1 atom stereocenters. The van der Waals surface area contributed by atoms with E-state index >= 15 is 0 Å². The van der Waals surface area contributed by atoms with Crippen LogP contribution in [0.25, 0.3) is 10.2 Å². The van der Waals surface area contributed by atoms with Crippen LogP contribution in [0.4, 0.5) is 21.9 Å². The Morgan fingerprint density at radius 1 is 1.11 bits per heavy atom. The first-order chi connectivity index (χ1) is 17.5. The highest BCUT2D eigenvalue weighted by Gasteiger charge is 2.34. The molecule has 4 aromatic rings. The van der Waals surface area contributed by atoms with Crippen LogP contribution in [0.1, 0.15) is 34.5 Å². The molecule has 2 N–H and O–H groups in total. The van der Waals surface area contributed by atoms with E-state index in [1.54, 1.807) is 17.2 Å². The third-order valence-electron chi connectivity index (χ3n) is 6.45. The van der Waals surface area contributed by atoms with Crippen LogP contribution in [0.15, 0.2) is 60.8 Å². The zero-order chi connectivity index (χ0) is 24.8. The molecule has 1 aliphatic heterocycles. The molecular weight excluding hydrogens is 476 g/mol. The summed E-state index contributed by atoms with van der Waals surface area (Å²) in [5.41, 5.74) is 2.62. The van der Waals surface area contributed by atoms with Crippen molar-refractivity contribution in [1.82, 2.24) is 10.3 Å². The number of amides is 3. The van der Waals surface area contributed by atoms with Crippen molar-refractivity contribution in [2.75, 3.05) is 10.2 Å². The zero-order valence-electron chi connectivity index (χ0n) is 19.4. The molecule has 6 rings (SSSR count). The lowest BCUT2D eigenvalue weighted by molar-refractivity contribution is -0.118. The molecule has 9 heteroatoms. The number of aryl methyl sites for hydroxylation is 1. The van der Waals surface area contributed by atoms with Gasteiger partial charge >= 0.3 is 6.03 Å². The fraction of sp³-hybridized carbons (Fsp3) is 0.185. The predicted molar refractivity (Wildman–Crippen MR) is 139 cm³/mol. The maximum Gasteiger partial charge on any atom is 0.331 e. The number of hydrogen-bond acceptors (Lipinski definition) is 6. The first-order valence-corrected chi connectivity index (χ1v) is 12.5. The predicted octanol–water partition coefficient (Wildman–Crippen LogP) is 5.93. The molecule has 180 valence electrons. The number of nitrogens with one attached hydrogen (secondary N) is 2. The number of benzene rings is 2. The van der Waals surface area contributed by atoms with Gasteiger partial charge in [0.15, 0.2) is 5.78 Å². The highest BCUT2D eigenvalue weighted by Crippen LogP contribution is 2.46. The van der Waals surface area contributed by atoms with Crippen LogP contribution >= 0.6 is 11.3 Å². The van der Waals surface area contributed by atoms with Crippen LogP contribution < -0.4 is 20.3 Å². The molecule has 1 aliphatic carbocycles. The van der Waals surface area contributed by atoms with Crippen molar-refractivity contribution < 1.29 is 19.1 Å². The number of hydrogen-bond donors (Lipinski definition) is 2. The summed E-state index contributed by atoms with van der Waals surface area (Å²) in [4.78, 5) is 45.5. The summed E-state index contributed by atoms with van der Waals surface area (Å²) in [5.74, 6) is 1.06. The van der Waals surface area contributed by atoms with E-state index in [2.05, 4.69) is 15.6 Å². The molecule has 1 saturated carbocycles. The number of Topliss-reactive ketones (excluding diaryl/α,β-unsaturated/α-hetero) is 1. The van der Waals surface area contributed by atoms with Crippen molar-refractivity contribution in [2.45, 2.75) is 32.2 Å². The van der Waals surface area contributed by atoms with Gasteiger partial charge in [-0.25, -0.2) is 9.78 Å². The molecule has 2 aromatic heterocycles. The normalized spacial score (nSPS) is 16.8. The average Bonchev–Trinajstić information content (AvgIpc) is 3.45. The highest BCUT2D eigenvalue weighted by molar-refractivity contribution is 7.21. The van der Waals surface area contributed by atoms with Crippen molar-refractivity contribution >= 4 is 56.3 Å². The molecule has 1 fully saturated rings. The highest BCUT2D eigenvalue weighted by atomic mass is 32.1. The van der Waals surface area contributed by atoms with Crippen molar-refractivity contribution in [3.8, 4) is 11.5 Å². The smallest absolute Gasteiger partial charge is 0.331 e. The van der Waals surface area contributed by atoms with Gasteiger partial charge in [0.2, 0.25) is 0 Å². The van der Waals surface area contributed by atoms with E-state index < -0.39 is 6.04 Å². The van der Waals surface area contributed by atoms with Gasteiger partial charge in [-0.3, -0.25) is 14.5 Å². The Morgan fingerprint density at radius 2 is 1.94 bits per heavy atom. The van der Waals surface area contributed by atoms with Crippen LogP contribution in [-0.4, -0.2) is 28.7 Å². The first kappa shape index (κ1) is 22.2. The summed E-state index contributed by atoms with van der Waals surface area (Å²) in [5, 5.41) is 6.44. The number of anilines is 3. The number of carbonyl (C=O) groups excluding carboxylic acids is 3. The summed E-state index contributed by atoms with van der Waals surface area (Å²) in [7, 11) is 0. The lowest BCUT2D eigenvalue weighted by Crippen LogP contribution is -2.38. The van der Waals surface area contributed by atoms with Gasteiger partial charge in [0, 0.05) is 12.6 Å². The third kappa shape index (κ3) is 3.77. The Kier molecular flexibility index (Phi) is 5.41. The van der Waals surface area contributed by atoms with E-state index in [4.69, 9.17) is 4.74 Å². The summed E-state index contributed by atoms with van der Waals surface area (Å²) >= 11 is 1.21. The Labute approximate surface area is 210 Å². The molecular formula is C27H22N4O4S.